The molecule has 2 aliphatic heterocycles. The highest BCUT2D eigenvalue weighted by atomic mass is 35.5. The fraction of sp³-hybridized carbons (Fsp3) is 0.625. The molecule has 0 spiro atoms. The fourth-order valence-electron chi connectivity index (χ4n) is 3.09. The van der Waals surface area contributed by atoms with E-state index < -0.39 is 0 Å². The van der Waals surface area contributed by atoms with E-state index >= 15 is 0 Å². The lowest BCUT2D eigenvalue weighted by Gasteiger charge is -2.37. The van der Waals surface area contributed by atoms with Gasteiger partial charge in [-0.05, 0) is 31.5 Å². The maximum Gasteiger partial charge on any atom is 0.173 e. The van der Waals surface area contributed by atoms with E-state index in [0.29, 0.717) is 41.7 Å². The second-order valence-corrected chi connectivity index (χ2v) is 6.42. The molecule has 22 heavy (non-hydrogen) atoms. The molecule has 2 aliphatic rings. The second kappa shape index (κ2) is 7.84. The van der Waals surface area contributed by atoms with Crippen LogP contribution in [0.25, 0.3) is 0 Å². The number of rotatable bonds is 5. The Kier molecular flexibility index (Phi) is 5.83. The van der Waals surface area contributed by atoms with E-state index in [0.717, 1.165) is 19.5 Å². The minimum atomic E-state index is -0.0933. The van der Waals surface area contributed by atoms with Gasteiger partial charge in [0, 0.05) is 6.54 Å². The van der Waals surface area contributed by atoms with E-state index in [-0.39, 0.29) is 6.29 Å². The predicted molar refractivity (Wildman–Crippen MR) is 86.9 cm³/mol. The number of likely N-dealkylation sites (tertiary alicyclic amines) is 1. The summed E-state index contributed by atoms with van der Waals surface area (Å²) in [4.78, 5) is 2.39. The number of para-hydroxylation sites is 1. The van der Waals surface area contributed by atoms with E-state index in [1.807, 2.05) is 6.07 Å². The van der Waals surface area contributed by atoms with Gasteiger partial charge in [0.2, 0.25) is 0 Å². The van der Waals surface area contributed by atoms with Crippen LogP contribution in [0.1, 0.15) is 19.3 Å². The maximum atomic E-state index is 6.12. The van der Waals surface area contributed by atoms with Crippen LogP contribution in [0, 0.1) is 0 Å². The number of nitrogens with zero attached hydrogens (tertiary/aromatic N) is 1. The van der Waals surface area contributed by atoms with Crippen molar-refractivity contribution >= 4 is 23.2 Å². The Bertz CT molecular complexity index is 474. The van der Waals surface area contributed by atoms with Crippen LogP contribution >= 0.6 is 23.2 Å². The van der Waals surface area contributed by atoms with Crippen molar-refractivity contribution in [1.82, 2.24) is 4.90 Å². The highest BCUT2D eigenvalue weighted by Gasteiger charge is 2.33. The molecule has 0 amide bonds. The summed E-state index contributed by atoms with van der Waals surface area (Å²) in [6.45, 7) is 3.80. The number of halogens is 2. The standard InChI is InChI=1S/C16H21Cl2NO3/c17-12-4-3-5-13(18)15(12)20-9-8-19-7-2-1-6-14(19)16-21-10-11-22-16/h3-5,14,16H,1-2,6-11H2. The van der Waals surface area contributed by atoms with Gasteiger partial charge in [0.05, 0.1) is 29.3 Å². The zero-order valence-corrected chi connectivity index (χ0v) is 14.0. The average molecular weight is 346 g/mol. The van der Waals surface area contributed by atoms with Gasteiger partial charge >= 0.3 is 0 Å². The Morgan fingerprint density at radius 2 is 1.86 bits per heavy atom. The Morgan fingerprint density at radius 3 is 2.59 bits per heavy atom. The molecule has 0 aromatic heterocycles. The normalized spacial score (nSPS) is 23.8. The maximum absolute atomic E-state index is 6.12. The minimum Gasteiger partial charge on any atom is -0.489 e. The third-order valence-corrected chi connectivity index (χ3v) is 4.77. The molecule has 6 heteroatoms. The first-order chi connectivity index (χ1) is 10.8. The van der Waals surface area contributed by atoms with Crippen molar-refractivity contribution in [2.45, 2.75) is 31.6 Å². The van der Waals surface area contributed by atoms with E-state index in [9.17, 15) is 0 Å². The summed E-state index contributed by atoms with van der Waals surface area (Å²) in [5.74, 6) is 0.563. The highest BCUT2D eigenvalue weighted by Crippen LogP contribution is 2.32. The van der Waals surface area contributed by atoms with E-state index in [4.69, 9.17) is 37.4 Å². The van der Waals surface area contributed by atoms with Crippen LogP contribution in [0.4, 0.5) is 0 Å². The molecular formula is C16H21Cl2NO3. The molecule has 1 atom stereocenters. The van der Waals surface area contributed by atoms with Crippen molar-refractivity contribution in [3.05, 3.63) is 28.2 Å². The largest absolute Gasteiger partial charge is 0.489 e. The van der Waals surface area contributed by atoms with Crippen LogP contribution in [-0.4, -0.2) is 50.1 Å². The Labute approximate surface area is 141 Å². The molecule has 1 aromatic carbocycles. The molecule has 0 saturated carbocycles. The van der Waals surface area contributed by atoms with Crippen LogP contribution < -0.4 is 4.74 Å². The molecule has 2 heterocycles. The Balaban J connectivity index is 1.55. The first-order valence-electron chi connectivity index (χ1n) is 7.80. The number of piperidine rings is 1. The molecule has 122 valence electrons. The van der Waals surface area contributed by atoms with Crippen molar-refractivity contribution < 1.29 is 14.2 Å². The Morgan fingerprint density at radius 1 is 1.14 bits per heavy atom. The molecule has 2 saturated heterocycles. The first-order valence-corrected chi connectivity index (χ1v) is 8.55. The summed E-state index contributed by atoms with van der Waals surface area (Å²) in [5.41, 5.74) is 0. The van der Waals surface area contributed by atoms with Crippen molar-refractivity contribution in [2.75, 3.05) is 32.9 Å². The number of benzene rings is 1. The quantitative estimate of drug-likeness (QED) is 0.815. The van der Waals surface area contributed by atoms with Crippen LogP contribution in [0.3, 0.4) is 0 Å². The van der Waals surface area contributed by atoms with Crippen molar-refractivity contribution in [3.8, 4) is 5.75 Å². The van der Waals surface area contributed by atoms with Crippen LogP contribution in [0.15, 0.2) is 18.2 Å². The topological polar surface area (TPSA) is 30.9 Å². The van der Waals surface area contributed by atoms with Gasteiger partial charge in [0.25, 0.3) is 0 Å². The SMILES string of the molecule is Clc1cccc(Cl)c1OCCN1CCCCC1C1OCCO1. The van der Waals surface area contributed by atoms with Crippen molar-refractivity contribution in [1.29, 1.82) is 0 Å². The molecule has 4 nitrogen and oxygen atoms in total. The van der Waals surface area contributed by atoms with Gasteiger partial charge in [0.15, 0.2) is 12.0 Å². The molecular weight excluding hydrogens is 325 g/mol. The zero-order chi connectivity index (χ0) is 15.4. The summed E-state index contributed by atoms with van der Waals surface area (Å²) in [6.07, 6.45) is 3.44. The van der Waals surface area contributed by atoms with Gasteiger partial charge in [-0.3, -0.25) is 4.90 Å². The first kappa shape index (κ1) is 16.3. The smallest absolute Gasteiger partial charge is 0.173 e. The van der Waals surface area contributed by atoms with Gasteiger partial charge in [-0.2, -0.15) is 0 Å². The van der Waals surface area contributed by atoms with Crippen LogP contribution in [0.2, 0.25) is 10.0 Å². The van der Waals surface area contributed by atoms with E-state index in [1.165, 1.54) is 12.8 Å². The third-order valence-electron chi connectivity index (χ3n) is 4.17. The lowest BCUT2D eigenvalue weighted by atomic mass is 10.0. The molecule has 2 fully saturated rings. The molecule has 0 radical (unpaired) electrons. The minimum absolute atomic E-state index is 0.0933. The highest BCUT2D eigenvalue weighted by molar-refractivity contribution is 6.37. The Hall–Kier alpha value is -0.520. The zero-order valence-electron chi connectivity index (χ0n) is 12.5. The molecule has 1 unspecified atom stereocenters. The van der Waals surface area contributed by atoms with Gasteiger partial charge < -0.3 is 14.2 Å². The summed E-state index contributed by atoms with van der Waals surface area (Å²) in [7, 11) is 0. The molecule has 0 bridgehead atoms. The molecule has 1 aromatic rings. The fourth-order valence-corrected chi connectivity index (χ4v) is 3.59. The lowest BCUT2D eigenvalue weighted by molar-refractivity contribution is -0.110. The molecule has 3 rings (SSSR count). The predicted octanol–water partition coefficient (Wildman–Crippen LogP) is 3.60. The molecule has 0 aliphatic carbocycles. The molecule has 0 N–H and O–H groups in total. The number of hydrogen-bond donors (Lipinski definition) is 0. The number of ether oxygens (including phenoxy) is 3. The van der Waals surface area contributed by atoms with Crippen molar-refractivity contribution in [2.24, 2.45) is 0 Å². The van der Waals surface area contributed by atoms with Gasteiger partial charge in [-0.1, -0.05) is 35.7 Å². The van der Waals surface area contributed by atoms with Gasteiger partial charge in [0.1, 0.15) is 6.61 Å². The summed E-state index contributed by atoms with van der Waals surface area (Å²) < 4.78 is 17.2. The summed E-state index contributed by atoms with van der Waals surface area (Å²) in [6, 6.07) is 5.70. The van der Waals surface area contributed by atoms with Gasteiger partial charge in [-0.15, -0.1) is 0 Å². The second-order valence-electron chi connectivity index (χ2n) is 5.61. The van der Waals surface area contributed by atoms with Crippen LogP contribution in [-0.2, 0) is 9.47 Å². The van der Waals surface area contributed by atoms with Crippen molar-refractivity contribution in [3.63, 3.8) is 0 Å². The third kappa shape index (κ3) is 3.87. The van der Waals surface area contributed by atoms with Gasteiger partial charge in [-0.25, -0.2) is 0 Å². The monoisotopic (exact) mass is 345 g/mol. The van der Waals surface area contributed by atoms with Crippen LogP contribution in [0.5, 0.6) is 5.75 Å². The summed E-state index contributed by atoms with van der Waals surface area (Å²) in [5, 5.41) is 1.09. The van der Waals surface area contributed by atoms with E-state index in [2.05, 4.69) is 4.90 Å². The number of hydrogen-bond acceptors (Lipinski definition) is 4. The lowest BCUT2D eigenvalue weighted by Crippen LogP contribution is -2.48. The average Bonchev–Trinajstić information content (AvgIpc) is 3.05. The summed E-state index contributed by atoms with van der Waals surface area (Å²) >= 11 is 12.2. The van der Waals surface area contributed by atoms with E-state index in [1.54, 1.807) is 12.1 Å².